The number of carbonyl (C=O) groups is 2. The Morgan fingerprint density at radius 3 is 1.83 bits per heavy atom. The summed E-state index contributed by atoms with van der Waals surface area (Å²) in [4.78, 5) is 20.2. The molecule has 0 atom stereocenters. The highest BCUT2D eigenvalue weighted by atomic mass is 19.1. The zero-order valence-corrected chi connectivity index (χ0v) is 5.88. The third kappa shape index (κ3) is 1.37. The molecule has 0 aliphatic heterocycles. The number of carbonyl (C=O) groups excluding carboxylic acids is 2. The van der Waals surface area contributed by atoms with Crippen LogP contribution < -0.4 is 0 Å². The third-order valence-corrected chi connectivity index (χ3v) is 1.36. The molecule has 0 spiro atoms. The second-order valence-corrected chi connectivity index (χ2v) is 2.13. The Morgan fingerprint density at radius 2 is 1.50 bits per heavy atom. The predicted octanol–water partition coefficient (Wildman–Crippen LogP) is 1.59. The molecule has 1 rings (SSSR count). The number of hydrogen-bond acceptors (Lipinski definition) is 2. The standard InChI is InChI=1S/C8H4F2O2/c9-7-1-5(3-11)2-8(10)6(7)4-12/h1-4H. The first-order valence-electron chi connectivity index (χ1n) is 3.08. The minimum Gasteiger partial charge on any atom is -0.298 e. The van der Waals surface area contributed by atoms with Crippen LogP contribution in [0.2, 0.25) is 0 Å². The van der Waals surface area contributed by atoms with Crippen molar-refractivity contribution in [1.82, 2.24) is 0 Å². The van der Waals surface area contributed by atoms with Gasteiger partial charge in [0.15, 0.2) is 6.29 Å². The van der Waals surface area contributed by atoms with E-state index in [0.29, 0.717) is 6.29 Å². The highest BCUT2D eigenvalue weighted by Gasteiger charge is 2.09. The molecule has 1 aromatic carbocycles. The molecule has 0 radical (unpaired) electrons. The van der Waals surface area contributed by atoms with Crippen LogP contribution in [0.1, 0.15) is 20.7 Å². The fourth-order valence-electron chi connectivity index (χ4n) is 0.785. The summed E-state index contributed by atoms with van der Waals surface area (Å²) in [5, 5.41) is 0. The van der Waals surface area contributed by atoms with Gasteiger partial charge in [-0.15, -0.1) is 0 Å². The van der Waals surface area contributed by atoms with Gasteiger partial charge in [-0.05, 0) is 12.1 Å². The second kappa shape index (κ2) is 3.21. The van der Waals surface area contributed by atoms with Gasteiger partial charge < -0.3 is 0 Å². The summed E-state index contributed by atoms with van der Waals surface area (Å²) in [5.41, 5.74) is -0.781. The van der Waals surface area contributed by atoms with E-state index in [1.165, 1.54) is 0 Å². The highest BCUT2D eigenvalue weighted by molar-refractivity contribution is 5.80. The Morgan fingerprint density at radius 1 is 1.00 bits per heavy atom. The summed E-state index contributed by atoms with van der Waals surface area (Å²) in [6.45, 7) is 0. The van der Waals surface area contributed by atoms with Crippen LogP contribution in [0.3, 0.4) is 0 Å². The number of rotatable bonds is 2. The van der Waals surface area contributed by atoms with Crippen LogP contribution >= 0.6 is 0 Å². The summed E-state index contributed by atoms with van der Waals surface area (Å²) < 4.78 is 25.3. The zero-order chi connectivity index (χ0) is 9.14. The Kier molecular flexibility index (Phi) is 2.28. The lowest BCUT2D eigenvalue weighted by molar-refractivity contribution is 0.110. The molecular weight excluding hydrogens is 166 g/mol. The molecule has 0 aliphatic carbocycles. The van der Waals surface area contributed by atoms with Crippen molar-refractivity contribution < 1.29 is 18.4 Å². The number of benzene rings is 1. The van der Waals surface area contributed by atoms with Gasteiger partial charge in [-0.2, -0.15) is 0 Å². The molecule has 12 heavy (non-hydrogen) atoms. The lowest BCUT2D eigenvalue weighted by atomic mass is 10.1. The van der Waals surface area contributed by atoms with Gasteiger partial charge in [0.05, 0.1) is 5.56 Å². The smallest absolute Gasteiger partial charge is 0.155 e. The van der Waals surface area contributed by atoms with E-state index in [9.17, 15) is 18.4 Å². The van der Waals surface area contributed by atoms with Crippen molar-refractivity contribution in [3.63, 3.8) is 0 Å². The molecule has 0 saturated carbocycles. The van der Waals surface area contributed by atoms with E-state index in [-0.39, 0.29) is 11.8 Å². The maximum absolute atomic E-state index is 12.7. The van der Waals surface area contributed by atoms with Crippen LogP contribution in [0.25, 0.3) is 0 Å². The molecule has 4 heteroatoms. The van der Waals surface area contributed by atoms with E-state index in [4.69, 9.17) is 0 Å². The molecule has 0 fully saturated rings. The molecule has 0 amide bonds. The van der Waals surface area contributed by atoms with Crippen molar-refractivity contribution in [3.05, 3.63) is 34.9 Å². The Balaban J connectivity index is 3.36. The van der Waals surface area contributed by atoms with Crippen molar-refractivity contribution in [3.8, 4) is 0 Å². The van der Waals surface area contributed by atoms with E-state index in [1.54, 1.807) is 0 Å². The van der Waals surface area contributed by atoms with Crippen LogP contribution in [-0.2, 0) is 0 Å². The molecule has 0 aromatic heterocycles. The molecule has 62 valence electrons. The highest BCUT2D eigenvalue weighted by Crippen LogP contribution is 2.11. The third-order valence-electron chi connectivity index (χ3n) is 1.36. The first-order chi connectivity index (χ1) is 5.69. The van der Waals surface area contributed by atoms with Crippen LogP contribution in [0.15, 0.2) is 12.1 Å². The van der Waals surface area contributed by atoms with Gasteiger partial charge in [0.2, 0.25) is 0 Å². The summed E-state index contributed by atoms with van der Waals surface area (Å²) in [6, 6.07) is 1.61. The predicted molar refractivity (Wildman–Crippen MR) is 37.1 cm³/mol. The molecule has 2 nitrogen and oxygen atoms in total. The average molecular weight is 170 g/mol. The van der Waals surface area contributed by atoms with Crippen LogP contribution in [0.4, 0.5) is 8.78 Å². The Hall–Kier alpha value is -1.58. The number of aldehydes is 2. The van der Waals surface area contributed by atoms with E-state index < -0.39 is 17.2 Å². The summed E-state index contributed by atoms with van der Waals surface area (Å²) >= 11 is 0. The first kappa shape index (κ1) is 8.52. The number of hydrogen-bond donors (Lipinski definition) is 0. The quantitative estimate of drug-likeness (QED) is 0.631. The molecule has 1 aromatic rings. The average Bonchev–Trinajstić information content (AvgIpc) is 2.03. The minimum atomic E-state index is -1.02. The maximum Gasteiger partial charge on any atom is 0.155 e. The van der Waals surface area contributed by atoms with Crippen LogP contribution in [-0.4, -0.2) is 12.6 Å². The largest absolute Gasteiger partial charge is 0.298 e. The van der Waals surface area contributed by atoms with Crippen LogP contribution in [0, 0.1) is 11.6 Å². The molecule has 0 aliphatic rings. The minimum absolute atomic E-state index is 0.0687. The van der Waals surface area contributed by atoms with Gasteiger partial charge >= 0.3 is 0 Å². The first-order valence-corrected chi connectivity index (χ1v) is 3.08. The molecular formula is C8H4F2O2. The van der Waals surface area contributed by atoms with Crippen LogP contribution in [0.5, 0.6) is 0 Å². The monoisotopic (exact) mass is 170 g/mol. The maximum atomic E-state index is 12.7. The molecule has 0 saturated heterocycles. The normalized spacial score (nSPS) is 9.50. The van der Waals surface area contributed by atoms with E-state index in [2.05, 4.69) is 0 Å². The van der Waals surface area contributed by atoms with Gasteiger partial charge in [0.1, 0.15) is 17.9 Å². The lowest BCUT2D eigenvalue weighted by Gasteiger charge is -1.97. The van der Waals surface area contributed by atoms with Crippen molar-refractivity contribution in [2.24, 2.45) is 0 Å². The topological polar surface area (TPSA) is 34.1 Å². The zero-order valence-electron chi connectivity index (χ0n) is 5.88. The van der Waals surface area contributed by atoms with Crippen molar-refractivity contribution in [2.75, 3.05) is 0 Å². The summed E-state index contributed by atoms with van der Waals surface area (Å²) in [5.74, 6) is -2.04. The van der Waals surface area contributed by atoms with Crippen molar-refractivity contribution >= 4 is 12.6 Å². The van der Waals surface area contributed by atoms with Gasteiger partial charge in [0, 0.05) is 5.56 Å². The molecule has 0 N–H and O–H groups in total. The lowest BCUT2D eigenvalue weighted by Crippen LogP contribution is -1.95. The van der Waals surface area contributed by atoms with Gasteiger partial charge in [-0.1, -0.05) is 0 Å². The van der Waals surface area contributed by atoms with E-state index >= 15 is 0 Å². The van der Waals surface area contributed by atoms with Gasteiger partial charge in [-0.25, -0.2) is 8.78 Å². The number of halogens is 2. The van der Waals surface area contributed by atoms with Crippen molar-refractivity contribution in [2.45, 2.75) is 0 Å². The molecule has 0 unspecified atom stereocenters. The van der Waals surface area contributed by atoms with E-state index in [1.807, 2.05) is 0 Å². The molecule has 0 bridgehead atoms. The Bertz CT molecular complexity index is 311. The SMILES string of the molecule is O=Cc1cc(F)c(C=O)c(F)c1. The van der Waals surface area contributed by atoms with Gasteiger partial charge in [-0.3, -0.25) is 9.59 Å². The van der Waals surface area contributed by atoms with Crippen molar-refractivity contribution in [1.29, 1.82) is 0 Å². The van der Waals surface area contributed by atoms with E-state index in [0.717, 1.165) is 12.1 Å². The Labute approximate surface area is 66.8 Å². The fourth-order valence-corrected chi connectivity index (χ4v) is 0.785. The summed E-state index contributed by atoms with van der Waals surface area (Å²) in [6.07, 6.45) is 0.375. The van der Waals surface area contributed by atoms with Gasteiger partial charge in [0.25, 0.3) is 0 Å². The molecule has 0 heterocycles. The second-order valence-electron chi connectivity index (χ2n) is 2.13. The summed E-state index contributed by atoms with van der Waals surface area (Å²) in [7, 11) is 0. The fraction of sp³-hybridized carbons (Fsp3) is 0.